The molecule has 2 N–H and O–H groups in total. The van der Waals surface area contributed by atoms with E-state index in [1.807, 2.05) is 39.1 Å². The lowest BCUT2D eigenvalue weighted by Gasteiger charge is -2.17. The molecule has 1 aromatic heterocycles. The Hall–Kier alpha value is -1.95. The van der Waals surface area contributed by atoms with E-state index in [4.69, 9.17) is 0 Å². The fourth-order valence-electron chi connectivity index (χ4n) is 2.46. The number of thioether (sulfide) groups is 1. The van der Waals surface area contributed by atoms with Gasteiger partial charge in [0.1, 0.15) is 0 Å². The number of carbonyl (C=O) groups is 1. The predicted octanol–water partition coefficient (Wildman–Crippen LogP) is 3.39. The molecule has 0 saturated heterocycles. The Labute approximate surface area is 148 Å². The summed E-state index contributed by atoms with van der Waals surface area (Å²) in [5.74, 6) is 0.890. The molecule has 1 heterocycles. The zero-order valence-electron chi connectivity index (χ0n) is 14.6. The number of aromatic nitrogens is 2. The summed E-state index contributed by atoms with van der Waals surface area (Å²) in [7, 11) is 1.84. The number of nitrogens with one attached hydrogen (secondary N) is 2. The molecule has 6 heteroatoms. The Bertz CT molecular complexity index is 622. The fraction of sp³-hybridized carbons (Fsp3) is 0.444. The van der Waals surface area contributed by atoms with Gasteiger partial charge in [-0.25, -0.2) is 4.79 Å². The van der Waals surface area contributed by atoms with E-state index < -0.39 is 0 Å². The van der Waals surface area contributed by atoms with E-state index in [-0.39, 0.29) is 6.03 Å². The molecule has 2 rings (SSSR count). The quantitative estimate of drug-likeness (QED) is 0.569. The summed E-state index contributed by atoms with van der Waals surface area (Å²) >= 11 is 1.76. The van der Waals surface area contributed by atoms with Gasteiger partial charge < -0.3 is 10.2 Å². The monoisotopic (exact) mass is 346 g/mol. The van der Waals surface area contributed by atoms with Crippen molar-refractivity contribution in [3.8, 4) is 0 Å². The van der Waals surface area contributed by atoms with Crippen LogP contribution in [0, 0.1) is 13.8 Å². The lowest BCUT2D eigenvalue weighted by atomic mass is 10.1. The number of aryl methyl sites for hydroxylation is 2. The number of H-pyrrole nitrogens is 1. The number of nitrogens with zero attached hydrogens (tertiary/aromatic N) is 2. The van der Waals surface area contributed by atoms with Crippen LogP contribution in [0.15, 0.2) is 35.2 Å². The summed E-state index contributed by atoms with van der Waals surface area (Å²) in [6.07, 6.45) is 1.85. The van der Waals surface area contributed by atoms with Crippen LogP contribution >= 0.6 is 11.8 Å². The second-order valence-corrected chi connectivity index (χ2v) is 7.00. The number of amides is 2. The van der Waals surface area contributed by atoms with Crippen LogP contribution in [0.4, 0.5) is 4.79 Å². The first-order valence-corrected chi connectivity index (χ1v) is 9.23. The Kier molecular flexibility index (Phi) is 7.18. The van der Waals surface area contributed by atoms with Gasteiger partial charge >= 0.3 is 6.03 Å². The number of hydrogen-bond donors (Lipinski definition) is 2. The molecular formula is C18H26N4OS. The Morgan fingerprint density at radius 2 is 2.04 bits per heavy atom. The molecule has 0 saturated carbocycles. The highest BCUT2D eigenvalue weighted by atomic mass is 32.2. The van der Waals surface area contributed by atoms with Crippen molar-refractivity contribution >= 4 is 17.8 Å². The summed E-state index contributed by atoms with van der Waals surface area (Å²) in [6, 6.07) is 10.2. The van der Waals surface area contributed by atoms with Crippen LogP contribution in [0.25, 0.3) is 0 Å². The van der Waals surface area contributed by atoms with Crippen LogP contribution in [0.1, 0.15) is 23.4 Å². The first kappa shape index (κ1) is 18.4. The average Bonchev–Trinajstić information content (AvgIpc) is 2.91. The Balaban J connectivity index is 1.61. The maximum atomic E-state index is 12.1. The Morgan fingerprint density at radius 3 is 2.71 bits per heavy atom. The van der Waals surface area contributed by atoms with E-state index in [1.54, 1.807) is 16.7 Å². The molecule has 5 nitrogen and oxygen atoms in total. The summed E-state index contributed by atoms with van der Waals surface area (Å²) in [5.41, 5.74) is 3.43. The summed E-state index contributed by atoms with van der Waals surface area (Å²) < 4.78 is 0. The van der Waals surface area contributed by atoms with Crippen LogP contribution in [0.3, 0.4) is 0 Å². The molecule has 0 unspecified atom stereocenters. The van der Waals surface area contributed by atoms with Gasteiger partial charge in [0, 0.05) is 36.5 Å². The van der Waals surface area contributed by atoms with Crippen molar-refractivity contribution < 1.29 is 4.79 Å². The number of urea groups is 1. The van der Waals surface area contributed by atoms with Crippen molar-refractivity contribution in [1.82, 2.24) is 20.4 Å². The number of hydrogen-bond acceptors (Lipinski definition) is 3. The number of aromatic amines is 1. The van der Waals surface area contributed by atoms with Crippen LogP contribution < -0.4 is 5.32 Å². The van der Waals surface area contributed by atoms with Crippen molar-refractivity contribution in [2.24, 2.45) is 0 Å². The minimum atomic E-state index is -0.00991. The van der Waals surface area contributed by atoms with Gasteiger partial charge in [-0.15, -0.1) is 11.8 Å². The van der Waals surface area contributed by atoms with Crippen molar-refractivity contribution in [2.45, 2.75) is 31.6 Å². The standard InChI is InChI=1S/C18H26N4OS/c1-14-17(15(2)21-20-14)10-7-11-19-18(23)22(3)12-13-24-16-8-5-4-6-9-16/h4-6,8-9H,7,10-13H2,1-3H3,(H,19,23)(H,20,21). The van der Waals surface area contributed by atoms with E-state index in [9.17, 15) is 4.79 Å². The zero-order chi connectivity index (χ0) is 17.4. The highest BCUT2D eigenvalue weighted by Crippen LogP contribution is 2.16. The molecule has 0 atom stereocenters. The zero-order valence-corrected chi connectivity index (χ0v) is 15.4. The van der Waals surface area contributed by atoms with E-state index in [1.165, 1.54) is 10.5 Å². The molecule has 0 bridgehead atoms. The van der Waals surface area contributed by atoms with E-state index >= 15 is 0 Å². The minimum absolute atomic E-state index is 0.00991. The van der Waals surface area contributed by atoms with E-state index in [2.05, 4.69) is 27.6 Å². The first-order valence-electron chi connectivity index (χ1n) is 8.25. The predicted molar refractivity (Wildman–Crippen MR) is 99.6 cm³/mol. The maximum absolute atomic E-state index is 12.1. The molecule has 0 fully saturated rings. The molecule has 1 aromatic carbocycles. The lowest BCUT2D eigenvalue weighted by molar-refractivity contribution is 0.211. The molecule has 2 aromatic rings. The van der Waals surface area contributed by atoms with Crippen LogP contribution in [0.5, 0.6) is 0 Å². The average molecular weight is 346 g/mol. The topological polar surface area (TPSA) is 61.0 Å². The molecule has 0 radical (unpaired) electrons. The SMILES string of the molecule is Cc1n[nH]c(C)c1CCCNC(=O)N(C)CCSc1ccccc1. The van der Waals surface area contributed by atoms with Crippen LogP contribution in [-0.4, -0.2) is 47.0 Å². The van der Waals surface area contributed by atoms with Gasteiger partial charge in [-0.3, -0.25) is 5.10 Å². The highest BCUT2D eigenvalue weighted by molar-refractivity contribution is 7.99. The third kappa shape index (κ3) is 5.60. The summed E-state index contributed by atoms with van der Waals surface area (Å²) in [6.45, 7) is 5.45. The van der Waals surface area contributed by atoms with Gasteiger partial charge in [0.2, 0.25) is 0 Å². The van der Waals surface area contributed by atoms with E-state index in [0.29, 0.717) is 6.54 Å². The molecule has 24 heavy (non-hydrogen) atoms. The fourth-order valence-corrected chi connectivity index (χ4v) is 3.41. The molecule has 130 valence electrons. The molecule has 0 aliphatic rings. The largest absolute Gasteiger partial charge is 0.338 e. The Morgan fingerprint density at radius 1 is 1.29 bits per heavy atom. The van der Waals surface area contributed by atoms with E-state index in [0.717, 1.165) is 36.5 Å². The van der Waals surface area contributed by atoms with Crippen molar-refractivity contribution in [2.75, 3.05) is 25.9 Å². The molecule has 2 amide bonds. The minimum Gasteiger partial charge on any atom is -0.338 e. The first-order chi connectivity index (χ1) is 11.6. The molecule has 0 aliphatic carbocycles. The van der Waals surface area contributed by atoms with Crippen molar-refractivity contribution in [3.63, 3.8) is 0 Å². The smallest absolute Gasteiger partial charge is 0.317 e. The maximum Gasteiger partial charge on any atom is 0.317 e. The lowest BCUT2D eigenvalue weighted by Crippen LogP contribution is -2.38. The number of rotatable bonds is 8. The second kappa shape index (κ2) is 9.37. The van der Waals surface area contributed by atoms with Crippen LogP contribution in [-0.2, 0) is 6.42 Å². The summed E-state index contributed by atoms with van der Waals surface area (Å²) in [4.78, 5) is 15.0. The second-order valence-electron chi connectivity index (χ2n) is 5.83. The molecule has 0 aliphatic heterocycles. The van der Waals surface area contributed by atoms with Gasteiger partial charge in [0.25, 0.3) is 0 Å². The number of benzene rings is 1. The van der Waals surface area contributed by atoms with Crippen LogP contribution in [0.2, 0.25) is 0 Å². The third-order valence-corrected chi connectivity index (χ3v) is 4.94. The molecule has 0 spiro atoms. The van der Waals surface area contributed by atoms with Gasteiger partial charge in [0.15, 0.2) is 0 Å². The third-order valence-electron chi connectivity index (χ3n) is 3.95. The summed E-state index contributed by atoms with van der Waals surface area (Å²) in [5, 5.41) is 10.2. The van der Waals surface area contributed by atoms with Crippen molar-refractivity contribution in [3.05, 3.63) is 47.3 Å². The normalized spacial score (nSPS) is 10.6. The highest BCUT2D eigenvalue weighted by Gasteiger charge is 2.09. The van der Waals surface area contributed by atoms with Gasteiger partial charge in [-0.2, -0.15) is 5.10 Å². The van der Waals surface area contributed by atoms with Gasteiger partial charge in [-0.1, -0.05) is 18.2 Å². The van der Waals surface area contributed by atoms with Gasteiger partial charge in [0.05, 0.1) is 5.69 Å². The van der Waals surface area contributed by atoms with Gasteiger partial charge in [-0.05, 0) is 44.4 Å². The number of carbonyl (C=O) groups excluding carboxylic acids is 1. The molecular weight excluding hydrogens is 320 g/mol. The van der Waals surface area contributed by atoms with Crippen molar-refractivity contribution in [1.29, 1.82) is 0 Å².